The summed E-state index contributed by atoms with van der Waals surface area (Å²) < 4.78 is 5.72. The lowest BCUT2D eigenvalue weighted by Crippen LogP contribution is -2.37. The third-order valence-electron chi connectivity index (χ3n) is 5.58. The van der Waals surface area contributed by atoms with Crippen LogP contribution in [0.1, 0.15) is 60.7 Å². The van der Waals surface area contributed by atoms with E-state index in [0.29, 0.717) is 11.3 Å². The third kappa shape index (κ3) is 2.31. The number of esters is 1. The van der Waals surface area contributed by atoms with Gasteiger partial charge in [-0.1, -0.05) is 32.9 Å². The SMILES string of the molecule is CC1(C)C[C@@]2(C)C[C@@H]1C[C@H]2OC(=O)c1ccccc1C(=O)O. The maximum absolute atomic E-state index is 12.4. The van der Waals surface area contributed by atoms with Crippen LogP contribution < -0.4 is 0 Å². The predicted octanol–water partition coefficient (Wildman–Crippen LogP) is 3.76. The molecule has 0 heterocycles. The molecule has 1 aromatic carbocycles. The Hall–Kier alpha value is -1.84. The Bertz CT molecular complexity index is 634. The van der Waals surface area contributed by atoms with Gasteiger partial charge >= 0.3 is 11.9 Å². The van der Waals surface area contributed by atoms with Gasteiger partial charge in [0.1, 0.15) is 6.10 Å². The molecule has 1 N–H and O–H groups in total. The number of carbonyl (C=O) groups excluding carboxylic acids is 1. The van der Waals surface area contributed by atoms with Crippen LogP contribution in [0, 0.1) is 16.7 Å². The van der Waals surface area contributed by atoms with E-state index in [4.69, 9.17) is 4.74 Å². The van der Waals surface area contributed by atoms with Crippen molar-refractivity contribution < 1.29 is 19.4 Å². The van der Waals surface area contributed by atoms with E-state index in [1.54, 1.807) is 12.1 Å². The minimum Gasteiger partial charge on any atom is -0.478 e. The van der Waals surface area contributed by atoms with Gasteiger partial charge in [-0.25, -0.2) is 9.59 Å². The molecule has 2 aliphatic rings. The average molecular weight is 302 g/mol. The quantitative estimate of drug-likeness (QED) is 0.864. The van der Waals surface area contributed by atoms with Crippen LogP contribution in [0.5, 0.6) is 0 Å². The summed E-state index contributed by atoms with van der Waals surface area (Å²) in [6.45, 7) is 6.74. The zero-order chi connectivity index (χ0) is 16.1. The third-order valence-corrected chi connectivity index (χ3v) is 5.58. The zero-order valence-electron chi connectivity index (χ0n) is 13.3. The Labute approximate surface area is 130 Å². The number of hydrogen-bond donors (Lipinski definition) is 1. The minimum atomic E-state index is -1.10. The number of hydrogen-bond acceptors (Lipinski definition) is 3. The fraction of sp³-hybridized carbons (Fsp3) is 0.556. The Morgan fingerprint density at radius 2 is 1.82 bits per heavy atom. The monoisotopic (exact) mass is 302 g/mol. The fourth-order valence-corrected chi connectivity index (χ4v) is 4.52. The Kier molecular flexibility index (Phi) is 3.31. The van der Waals surface area contributed by atoms with Crippen LogP contribution in [-0.4, -0.2) is 23.1 Å². The second-order valence-electron chi connectivity index (χ2n) is 7.70. The maximum atomic E-state index is 12.4. The van der Waals surface area contributed by atoms with Crippen molar-refractivity contribution in [2.45, 2.75) is 46.1 Å². The summed E-state index contributed by atoms with van der Waals surface area (Å²) >= 11 is 0. The first-order valence-electron chi connectivity index (χ1n) is 7.76. The molecule has 1 aromatic rings. The summed E-state index contributed by atoms with van der Waals surface area (Å²) in [6.07, 6.45) is 2.89. The number of fused-ring (bicyclic) bond motifs is 2. The molecule has 3 atom stereocenters. The van der Waals surface area contributed by atoms with Gasteiger partial charge in [0.05, 0.1) is 11.1 Å². The van der Waals surface area contributed by atoms with E-state index in [1.807, 2.05) is 0 Å². The van der Waals surface area contributed by atoms with Crippen molar-refractivity contribution in [3.63, 3.8) is 0 Å². The molecule has 0 radical (unpaired) electrons. The van der Waals surface area contributed by atoms with Crippen molar-refractivity contribution in [1.82, 2.24) is 0 Å². The summed E-state index contributed by atoms with van der Waals surface area (Å²) in [7, 11) is 0. The first-order chi connectivity index (χ1) is 10.2. The number of aromatic carboxylic acids is 1. The van der Waals surface area contributed by atoms with Crippen LogP contribution in [-0.2, 0) is 4.74 Å². The van der Waals surface area contributed by atoms with E-state index in [2.05, 4.69) is 20.8 Å². The lowest BCUT2D eigenvalue weighted by Gasteiger charge is -2.38. The molecular formula is C18H22O4. The van der Waals surface area contributed by atoms with E-state index in [9.17, 15) is 14.7 Å². The number of carboxylic acid groups (broad SMARTS) is 1. The largest absolute Gasteiger partial charge is 0.478 e. The molecule has 0 aliphatic heterocycles. The van der Waals surface area contributed by atoms with Gasteiger partial charge in [-0.05, 0) is 42.7 Å². The first kappa shape index (κ1) is 15.1. The lowest BCUT2D eigenvalue weighted by atomic mass is 9.71. The number of benzene rings is 1. The molecule has 0 spiro atoms. The normalized spacial score (nSPS) is 32.0. The average Bonchev–Trinajstić information content (AvgIpc) is 2.86. The van der Waals surface area contributed by atoms with Crippen molar-refractivity contribution >= 4 is 11.9 Å². The number of carbonyl (C=O) groups is 2. The predicted molar refractivity (Wildman–Crippen MR) is 81.8 cm³/mol. The molecule has 0 aromatic heterocycles. The topological polar surface area (TPSA) is 63.6 Å². The lowest BCUT2D eigenvalue weighted by molar-refractivity contribution is -0.0222. The van der Waals surface area contributed by atoms with Crippen molar-refractivity contribution in [1.29, 1.82) is 0 Å². The fourth-order valence-electron chi connectivity index (χ4n) is 4.52. The van der Waals surface area contributed by atoms with Gasteiger partial charge in [-0.3, -0.25) is 0 Å². The van der Waals surface area contributed by atoms with Crippen molar-refractivity contribution in [2.75, 3.05) is 0 Å². The van der Waals surface area contributed by atoms with Gasteiger partial charge in [0.15, 0.2) is 0 Å². The van der Waals surface area contributed by atoms with Crippen LogP contribution in [0.2, 0.25) is 0 Å². The Morgan fingerprint density at radius 3 is 2.32 bits per heavy atom. The Morgan fingerprint density at radius 1 is 1.18 bits per heavy atom. The number of ether oxygens (including phenoxy) is 1. The molecular weight excluding hydrogens is 280 g/mol. The van der Waals surface area contributed by atoms with E-state index in [-0.39, 0.29) is 22.6 Å². The van der Waals surface area contributed by atoms with Crippen molar-refractivity contribution in [3.05, 3.63) is 35.4 Å². The first-order valence-corrected chi connectivity index (χ1v) is 7.76. The zero-order valence-corrected chi connectivity index (χ0v) is 13.3. The molecule has 0 amide bonds. The summed E-state index contributed by atoms with van der Waals surface area (Å²) in [6, 6.07) is 6.23. The van der Waals surface area contributed by atoms with Crippen LogP contribution in [0.3, 0.4) is 0 Å². The smallest absolute Gasteiger partial charge is 0.339 e. The number of carboxylic acids is 1. The molecule has 4 heteroatoms. The highest BCUT2D eigenvalue weighted by atomic mass is 16.5. The summed E-state index contributed by atoms with van der Waals surface area (Å²) in [5.74, 6) is -1.05. The molecule has 3 rings (SSSR count). The molecule has 118 valence electrons. The number of rotatable bonds is 3. The molecule has 2 fully saturated rings. The standard InChI is InChI=1S/C18H22O4/c1-17(2)10-18(3)9-11(17)8-14(18)22-16(21)13-7-5-4-6-12(13)15(19)20/h4-7,11,14H,8-10H2,1-3H3,(H,19,20)/t11-,14+,18+/m0/s1. The van der Waals surface area contributed by atoms with Crippen LogP contribution >= 0.6 is 0 Å². The van der Waals surface area contributed by atoms with Gasteiger partial charge in [-0.15, -0.1) is 0 Å². The molecule has 4 nitrogen and oxygen atoms in total. The van der Waals surface area contributed by atoms with Gasteiger partial charge in [-0.2, -0.15) is 0 Å². The maximum Gasteiger partial charge on any atom is 0.339 e. The molecule has 0 unspecified atom stereocenters. The summed E-state index contributed by atoms with van der Waals surface area (Å²) in [5, 5.41) is 9.19. The van der Waals surface area contributed by atoms with E-state index < -0.39 is 11.9 Å². The van der Waals surface area contributed by atoms with Crippen molar-refractivity contribution in [2.24, 2.45) is 16.7 Å². The molecule has 2 bridgehead atoms. The minimum absolute atomic E-state index is 0.00105. The van der Waals surface area contributed by atoms with E-state index in [0.717, 1.165) is 19.3 Å². The molecule has 22 heavy (non-hydrogen) atoms. The summed E-state index contributed by atoms with van der Waals surface area (Å²) in [4.78, 5) is 23.7. The molecule has 2 aliphatic carbocycles. The second-order valence-corrected chi connectivity index (χ2v) is 7.70. The van der Waals surface area contributed by atoms with E-state index >= 15 is 0 Å². The van der Waals surface area contributed by atoms with Crippen LogP contribution in [0.4, 0.5) is 0 Å². The highest BCUT2D eigenvalue weighted by Crippen LogP contribution is 2.63. The van der Waals surface area contributed by atoms with Crippen molar-refractivity contribution in [3.8, 4) is 0 Å². The highest BCUT2D eigenvalue weighted by molar-refractivity contribution is 6.02. The summed E-state index contributed by atoms with van der Waals surface area (Å²) in [5.41, 5.74) is 0.459. The van der Waals surface area contributed by atoms with Gasteiger partial charge in [0.2, 0.25) is 0 Å². The van der Waals surface area contributed by atoms with Gasteiger partial charge in [0.25, 0.3) is 0 Å². The Balaban J connectivity index is 1.79. The molecule has 0 saturated heterocycles. The highest BCUT2D eigenvalue weighted by Gasteiger charge is 2.58. The second kappa shape index (κ2) is 4.83. The molecule has 2 saturated carbocycles. The van der Waals surface area contributed by atoms with E-state index in [1.165, 1.54) is 12.1 Å². The van der Waals surface area contributed by atoms with Crippen LogP contribution in [0.25, 0.3) is 0 Å². The van der Waals surface area contributed by atoms with Crippen LogP contribution in [0.15, 0.2) is 24.3 Å². The van der Waals surface area contributed by atoms with Gasteiger partial charge in [0, 0.05) is 5.41 Å². The van der Waals surface area contributed by atoms with Gasteiger partial charge < -0.3 is 9.84 Å².